The van der Waals surface area contributed by atoms with Crippen molar-refractivity contribution in [1.29, 1.82) is 0 Å². The molecule has 2 amide bonds. The van der Waals surface area contributed by atoms with Crippen LogP contribution in [0.1, 0.15) is 58.3 Å². The van der Waals surface area contributed by atoms with Crippen LogP contribution in [0.5, 0.6) is 0 Å². The van der Waals surface area contributed by atoms with Gasteiger partial charge in [0.05, 0.1) is 11.7 Å². The first-order valence-electron chi connectivity index (χ1n) is 11.7. The lowest BCUT2D eigenvalue weighted by Gasteiger charge is -2.33. The molecule has 0 saturated carbocycles. The summed E-state index contributed by atoms with van der Waals surface area (Å²) in [7, 11) is -3.74. The number of likely N-dealkylation sites (tertiary alicyclic amines) is 1. The molecule has 33 heavy (non-hydrogen) atoms. The number of nitrogens with one attached hydrogen (secondary N) is 3. The summed E-state index contributed by atoms with van der Waals surface area (Å²) in [6.07, 6.45) is 5.96. The van der Waals surface area contributed by atoms with Gasteiger partial charge in [0.25, 0.3) is 0 Å². The van der Waals surface area contributed by atoms with Crippen LogP contribution in [-0.2, 0) is 24.4 Å². The van der Waals surface area contributed by atoms with Crippen molar-refractivity contribution in [2.75, 3.05) is 38.5 Å². The molecule has 0 aromatic rings. The van der Waals surface area contributed by atoms with Crippen LogP contribution < -0.4 is 15.4 Å². The zero-order valence-electron chi connectivity index (χ0n) is 19.4. The SMILES string of the molecule is CCCCS(=O)(=O)N[C@@H](CNC(=O)[C@@H]1CCCN(C(=O)CCC2CCNCC2)C1)C(=O)O.Cl. The van der Waals surface area contributed by atoms with Crippen molar-refractivity contribution < 1.29 is 27.9 Å². The van der Waals surface area contributed by atoms with Gasteiger partial charge < -0.3 is 20.6 Å². The zero-order valence-corrected chi connectivity index (χ0v) is 21.0. The van der Waals surface area contributed by atoms with Crippen molar-refractivity contribution in [1.82, 2.24) is 20.3 Å². The quantitative estimate of drug-likeness (QED) is 0.302. The summed E-state index contributed by atoms with van der Waals surface area (Å²) in [5, 5.41) is 15.2. The summed E-state index contributed by atoms with van der Waals surface area (Å²) >= 11 is 0. The normalized spacial score (nSPS) is 20.5. The van der Waals surface area contributed by atoms with Crippen molar-refractivity contribution in [2.45, 2.75) is 64.3 Å². The molecule has 2 saturated heterocycles. The minimum absolute atomic E-state index is 0. The van der Waals surface area contributed by atoms with E-state index in [1.165, 1.54) is 0 Å². The van der Waals surface area contributed by atoms with E-state index < -0.39 is 28.0 Å². The lowest BCUT2D eigenvalue weighted by Crippen LogP contribution is -2.51. The van der Waals surface area contributed by atoms with Crippen LogP contribution in [-0.4, -0.2) is 80.7 Å². The summed E-state index contributed by atoms with van der Waals surface area (Å²) in [5.74, 6) is -1.63. The van der Waals surface area contributed by atoms with Gasteiger partial charge in [-0.3, -0.25) is 14.4 Å². The highest BCUT2D eigenvalue weighted by Crippen LogP contribution is 2.21. The Morgan fingerprint density at radius 3 is 2.52 bits per heavy atom. The number of amides is 2. The average molecular weight is 511 g/mol. The number of nitrogens with zero attached hydrogens (tertiary/aromatic N) is 1. The summed E-state index contributed by atoms with van der Waals surface area (Å²) in [5.41, 5.74) is 0. The molecule has 4 N–H and O–H groups in total. The number of rotatable bonds is 12. The first-order valence-corrected chi connectivity index (χ1v) is 13.4. The molecule has 2 aliphatic heterocycles. The number of carboxylic acid groups (broad SMARTS) is 1. The lowest BCUT2D eigenvalue weighted by atomic mass is 9.92. The summed E-state index contributed by atoms with van der Waals surface area (Å²) in [6.45, 7) is 4.45. The second kappa shape index (κ2) is 14.7. The second-order valence-electron chi connectivity index (χ2n) is 8.84. The van der Waals surface area contributed by atoms with Crippen molar-refractivity contribution in [3.05, 3.63) is 0 Å². The van der Waals surface area contributed by atoms with Gasteiger partial charge in [-0.1, -0.05) is 13.3 Å². The van der Waals surface area contributed by atoms with Crippen LogP contribution in [0.2, 0.25) is 0 Å². The molecule has 0 aromatic carbocycles. The zero-order chi connectivity index (χ0) is 23.6. The molecular weight excluding hydrogens is 472 g/mol. The number of sulfonamides is 1. The standard InChI is InChI=1S/C21H38N4O6S.ClH/c1-2-3-13-32(30,31)24-18(21(28)29)14-23-20(27)17-5-4-12-25(15-17)19(26)7-6-16-8-10-22-11-9-16;/h16-18,22,24H,2-15H2,1H3,(H,23,27)(H,28,29);1H/t17-,18+;/m1./s1. The maximum absolute atomic E-state index is 12.6. The maximum Gasteiger partial charge on any atom is 0.323 e. The smallest absolute Gasteiger partial charge is 0.323 e. The molecular formula is C21H39ClN4O6S. The number of hydrogen-bond acceptors (Lipinski definition) is 6. The maximum atomic E-state index is 12.6. The van der Waals surface area contributed by atoms with Gasteiger partial charge in [0, 0.05) is 26.1 Å². The van der Waals surface area contributed by atoms with Crippen LogP contribution in [0.25, 0.3) is 0 Å². The predicted octanol–water partition coefficient (Wildman–Crippen LogP) is 0.716. The van der Waals surface area contributed by atoms with Crippen molar-refractivity contribution in [3.63, 3.8) is 0 Å². The Morgan fingerprint density at radius 1 is 1.18 bits per heavy atom. The average Bonchev–Trinajstić information content (AvgIpc) is 2.79. The topological polar surface area (TPSA) is 145 Å². The van der Waals surface area contributed by atoms with Gasteiger partial charge in [-0.2, -0.15) is 4.72 Å². The van der Waals surface area contributed by atoms with E-state index in [1.807, 2.05) is 6.92 Å². The molecule has 0 radical (unpaired) electrons. The molecule has 192 valence electrons. The molecule has 0 aliphatic carbocycles. The highest BCUT2D eigenvalue weighted by Gasteiger charge is 2.30. The van der Waals surface area contributed by atoms with Crippen molar-refractivity contribution >= 4 is 40.2 Å². The van der Waals surface area contributed by atoms with Crippen LogP contribution in [0.15, 0.2) is 0 Å². The van der Waals surface area contributed by atoms with E-state index in [4.69, 9.17) is 0 Å². The highest BCUT2D eigenvalue weighted by molar-refractivity contribution is 7.89. The number of carboxylic acids is 1. The number of hydrogen-bond donors (Lipinski definition) is 4. The second-order valence-corrected chi connectivity index (χ2v) is 10.7. The molecule has 2 heterocycles. The first kappa shape index (κ1) is 29.6. The molecule has 2 atom stereocenters. The van der Waals surface area contributed by atoms with Crippen LogP contribution in [0.4, 0.5) is 0 Å². The van der Waals surface area contributed by atoms with Gasteiger partial charge in [-0.05, 0) is 57.5 Å². The fourth-order valence-corrected chi connectivity index (χ4v) is 5.61. The van der Waals surface area contributed by atoms with Crippen LogP contribution >= 0.6 is 12.4 Å². The van der Waals surface area contributed by atoms with Crippen LogP contribution in [0, 0.1) is 11.8 Å². The number of carbonyl (C=O) groups is 3. The number of piperidine rings is 2. The van der Waals surface area contributed by atoms with Crippen molar-refractivity contribution in [3.8, 4) is 0 Å². The van der Waals surface area contributed by atoms with E-state index in [9.17, 15) is 27.9 Å². The Morgan fingerprint density at radius 2 is 1.88 bits per heavy atom. The third-order valence-electron chi connectivity index (χ3n) is 6.24. The monoisotopic (exact) mass is 510 g/mol. The Kier molecular flexibility index (Phi) is 13.2. The molecule has 12 heteroatoms. The van der Waals surface area contributed by atoms with Gasteiger partial charge in [0.15, 0.2) is 0 Å². The van der Waals surface area contributed by atoms with E-state index in [0.29, 0.717) is 51.1 Å². The lowest BCUT2D eigenvalue weighted by molar-refractivity contribution is -0.139. The fourth-order valence-electron chi connectivity index (χ4n) is 4.21. The van der Waals surface area contributed by atoms with Gasteiger partial charge in [-0.15, -0.1) is 12.4 Å². The Bertz CT molecular complexity index is 745. The minimum atomic E-state index is -3.74. The molecule has 0 spiro atoms. The summed E-state index contributed by atoms with van der Waals surface area (Å²) in [6, 6.07) is -1.42. The number of halogens is 1. The summed E-state index contributed by atoms with van der Waals surface area (Å²) < 4.78 is 26.2. The molecule has 2 rings (SSSR count). The molecule has 0 bridgehead atoms. The van der Waals surface area contributed by atoms with E-state index in [0.717, 1.165) is 32.4 Å². The molecule has 0 unspecified atom stereocenters. The Hall–Kier alpha value is -1.43. The molecule has 2 fully saturated rings. The highest BCUT2D eigenvalue weighted by atomic mass is 35.5. The Labute approximate surface area is 203 Å². The largest absolute Gasteiger partial charge is 0.480 e. The third-order valence-corrected chi connectivity index (χ3v) is 7.71. The van der Waals surface area contributed by atoms with Gasteiger partial charge in [0.1, 0.15) is 6.04 Å². The third kappa shape index (κ3) is 10.6. The first-order chi connectivity index (χ1) is 15.2. The van der Waals surface area contributed by atoms with E-state index in [-0.39, 0.29) is 36.5 Å². The molecule has 0 aromatic heterocycles. The van der Waals surface area contributed by atoms with Gasteiger partial charge >= 0.3 is 5.97 Å². The van der Waals surface area contributed by atoms with E-state index >= 15 is 0 Å². The predicted molar refractivity (Wildman–Crippen MR) is 128 cm³/mol. The van der Waals surface area contributed by atoms with Gasteiger partial charge in [-0.25, -0.2) is 8.42 Å². The van der Waals surface area contributed by atoms with Gasteiger partial charge in [0.2, 0.25) is 21.8 Å². The Balaban J connectivity index is 0.00000544. The summed E-state index contributed by atoms with van der Waals surface area (Å²) in [4.78, 5) is 38.4. The van der Waals surface area contributed by atoms with Crippen LogP contribution in [0.3, 0.4) is 0 Å². The van der Waals surface area contributed by atoms with Crippen molar-refractivity contribution in [2.24, 2.45) is 11.8 Å². The number of aliphatic carboxylic acids is 1. The minimum Gasteiger partial charge on any atom is -0.480 e. The fraction of sp³-hybridized carbons (Fsp3) is 0.857. The molecule has 10 nitrogen and oxygen atoms in total. The van der Waals surface area contributed by atoms with E-state index in [2.05, 4.69) is 15.4 Å². The number of carbonyl (C=O) groups excluding carboxylic acids is 2. The van der Waals surface area contributed by atoms with E-state index in [1.54, 1.807) is 4.90 Å². The molecule has 2 aliphatic rings. The number of unbranched alkanes of at least 4 members (excludes halogenated alkanes) is 1.